The number of benzene rings is 2. The van der Waals surface area contributed by atoms with E-state index in [4.69, 9.17) is 28.1 Å². The molecular weight excluding hydrogens is 416 g/mol. The standard InChI is InChI=1S/C22H21ClN6O2/c1-24-16-4-5-17-18(12-16)21(25-13-14-3-6-20(31-2)19(23)11-14)26-27-22(17)29-9-7-15(28-30)8-10-29/h3-6,11-12,30H,7-10,13H2,2H3,(H,25,26). The van der Waals surface area contributed by atoms with Gasteiger partial charge in [-0.1, -0.05) is 35.0 Å². The Morgan fingerprint density at radius 3 is 2.68 bits per heavy atom. The van der Waals surface area contributed by atoms with Gasteiger partial charge in [0, 0.05) is 43.2 Å². The SMILES string of the molecule is [C-]#[N+]c1ccc2c(N3CCC(=NO)CC3)nnc(NCc3ccc(OC)c(Cl)c3)c2c1. The van der Waals surface area contributed by atoms with E-state index in [1.807, 2.05) is 30.3 Å². The van der Waals surface area contributed by atoms with Crippen LogP contribution < -0.4 is 15.0 Å². The summed E-state index contributed by atoms with van der Waals surface area (Å²) in [6.07, 6.45) is 1.36. The normalized spacial score (nSPS) is 13.7. The quantitative estimate of drug-likeness (QED) is 0.336. The molecule has 1 saturated heterocycles. The molecule has 1 fully saturated rings. The molecule has 2 aromatic carbocycles. The van der Waals surface area contributed by atoms with Crippen LogP contribution in [0.1, 0.15) is 18.4 Å². The number of halogens is 1. The molecule has 2 heterocycles. The van der Waals surface area contributed by atoms with E-state index in [1.54, 1.807) is 13.2 Å². The average Bonchev–Trinajstić information content (AvgIpc) is 2.82. The molecule has 158 valence electrons. The number of hydrogen-bond acceptors (Lipinski definition) is 7. The van der Waals surface area contributed by atoms with Crippen LogP contribution >= 0.6 is 11.6 Å². The molecule has 3 aromatic rings. The first-order valence-electron chi connectivity index (χ1n) is 9.82. The van der Waals surface area contributed by atoms with Crippen LogP contribution in [0.25, 0.3) is 15.6 Å². The van der Waals surface area contributed by atoms with Crippen molar-refractivity contribution in [2.45, 2.75) is 19.4 Å². The first-order valence-corrected chi connectivity index (χ1v) is 10.2. The van der Waals surface area contributed by atoms with Crippen LogP contribution in [0.4, 0.5) is 17.3 Å². The van der Waals surface area contributed by atoms with Gasteiger partial charge in [-0.2, -0.15) is 0 Å². The topological polar surface area (TPSA) is 87.2 Å². The highest BCUT2D eigenvalue weighted by Gasteiger charge is 2.20. The third-order valence-electron chi connectivity index (χ3n) is 5.33. The minimum atomic E-state index is 0.495. The van der Waals surface area contributed by atoms with Crippen LogP contribution in [0.3, 0.4) is 0 Å². The fraction of sp³-hybridized carbons (Fsp3) is 0.273. The van der Waals surface area contributed by atoms with Gasteiger partial charge in [-0.3, -0.25) is 0 Å². The summed E-state index contributed by atoms with van der Waals surface area (Å²) >= 11 is 6.23. The fourth-order valence-corrected chi connectivity index (χ4v) is 3.92. The van der Waals surface area contributed by atoms with E-state index in [9.17, 15) is 0 Å². The third kappa shape index (κ3) is 4.32. The first kappa shape index (κ1) is 20.7. The van der Waals surface area contributed by atoms with Crippen LogP contribution in [0.2, 0.25) is 5.02 Å². The van der Waals surface area contributed by atoms with Gasteiger partial charge >= 0.3 is 0 Å². The maximum absolute atomic E-state index is 9.00. The molecule has 0 saturated carbocycles. The predicted octanol–water partition coefficient (Wildman–Crippen LogP) is 4.89. The van der Waals surface area contributed by atoms with Crippen molar-refractivity contribution in [3.05, 3.63) is 58.4 Å². The van der Waals surface area contributed by atoms with Crippen LogP contribution in [0.15, 0.2) is 41.6 Å². The summed E-state index contributed by atoms with van der Waals surface area (Å²) in [7, 11) is 1.58. The lowest BCUT2D eigenvalue weighted by Crippen LogP contribution is -2.34. The molecule has 0 bridgehead atoms. The zero-order valence-electron chi connectivity index (χ0n) is 17.0. The second-order valence-corrected chi connectivity index (χ2v) is 7.60. The molecule has 1 aromatic heterocycles. The van der Waals surface area contributed by atoms with Crippen molar-refractivity contribution in [1.29, 1.82) is 0 Å². The molecule has 0 aliphatic carbocycles. The maximum atomic E-state index is 9.00. The van der Waals surface area contributed by atoms with Gasteiger partial charge in [-0.05, 0) is 23.8 Å². The zero-order valence-corrected chi connectivity index (χ0v) is 17.7. The number of rotatable bonds is 5. The molecule has 9 heteroatoms. The molecule has 1 aliphatic heterocycles. The van der Waals surface area contributed by atoms with Crippen molar-refractivity contribution in [2.75, 3.05) is 30.4 Å². The number of nitrogens with zero attached hydrogens (tertiary/aromatic N) is 5. The van der Waals surface area contributed by atoms with Crippen molar-refractivity contribution >= 4 is 45.4 Å². The van der Waals surface area contributed by atoms with Gasteiger partial charge in [0.25, 0.3) is 0 Å². The molecular formula is C22H21ClN6O2. The summed E-state index contributed by atoms with van der Waals surface area (Å²) < 4.78 is 5.20. The number of nitrogens with one attached hydrogen (secondary N) is 1. The van der Waals surface area contributed by atoms with E-state index in [1.165, 1.54) is 0 Å². The Labute approximate surface area is 184 Å². The molecule has 2 N–H and O–H groups in total. The highest BCUT2D eigenvalue weighted by atomic mass is 35.5. The number of oxime groups is 1. The summed E-state index contributed by atoms with van der Waals surface area (Å²) in [5.41, 5.74) is 2.30. The smallest absolute Gasteiger partial charge is 0.188 e. The van der Waals surface area contributed by atoms with Crippen LogP contribution in [0.5, 0.6) is 5.75 Å². The van der Waals surface area contributed by atoms with E-state index in [0.29, 0.717) is 54.8 Å². The lowest BCUT2D eigenvalue weighted by Gasteiger charge is -2.29. The van der Waals surface area contributed by atoms with Crippen molar-refractivity contribution in [1.82, 2.24) is 10.2 Å². The lowest BCUT2D eigenvalue weighted by molar-refractivity contribution is 0.315. The van der Waals surface area contributed by atoms with E-state index in [2.05, 4.69) is 30.4 Å². The average molecular weight is 437 g/mol. The van der Waals surface area contributed by atoms with Gasteiger partial charge in [-0.15, -0.1) is 10.2 Å². The number of aromatic nitrogens is 2. The largest absolute Gasteiger partial charge is 0.495 e. The molecule has 1 aliphatic rings. The second-order valence-electron chi connectivity index (χ2n) is 7.19. The fourth-order valence-electron chi connectivity index (χ4n) is 3.64. The molecule has 0 amide bonds. The van der Waals surface area contributed by atoms with E-state index in [-0.39, 0.29) is 0 Å². The van der Waals surface area contributed by atoms with Gasteiger partial charge in [0.15, 0.2) is 17.3 Å². The zero-order chi connectivity index (χ0) is 21.8. The molecule has 0 radical (unpaired) electrons. The summed E-state index contributed by atoms with van der Waals surface area (Å²) in [6.45, 7) is 9.27. The summed E-state index contributed by atoms with van der Waals surface area (Å²) in [5, 5.41) is 26.9. The van der Waals surface area contributed by atoms with Crippen LogP contribution in [0, 0.1) is 6.57 Å². The van der Waals surface area contributed by atoms with Gasteiger partial charge in [-0.25, -0.2) is 4.85 Å². The first-order chi connectivity index (χ1) is 15.1. The Bertz CT molecular complexity index is 1180. The van der Waals surface area contributed by atoms with Crippen LogP contribution in [-0.4, -0.2) is 41.3 Å². The van der Waals surface area contributed by atoms with Gasteiger partial charge in [0.1, 0.15) is 5.75 Å². The summed E-state index contributed by atoms with van der Waals surface area (Å²) in [4.78, 5) is 5.69. The predicted molar refractivity (Wildman–Crippen MR) is 122 cm³/mol. The van der Waals surface area contributed by atoms with Gasteiger partial charge in [0.05, 0.1) is 24.4 Å². The number of piperidine rings is 1. The van der Waals surface area contributed by atoms with Crippen molar-refractivity contribution in [3.63, 3.8) is 0 Å². The number of anilines is 2. The highest BCUT2D eigenvalue weighted by Crippen LogP contribution is 2.33. The van der Waals surface area contributed by atoms with Crippen molar-refractivity contribution in [3.8, 4) is 5.75 Å². The second kappa shape index (κ2) is 9.06. The number of ether oxygens (including phenoxy) is 1. The van der Waals surface area contributed by atoms with E-state index < -0.39 is 0 Å². The Morgan fingerprint density at radius 1 is 1.19 bits per heavy atom. The monoisotopic (exact) mass is 436 g/mol. The number of hydrogen-bond donors (Lipinski definition) is 2. The number of fused-ring (bicyclic) bond motifs is 1. The Morgan fingerprint density at radius 2 is 2.00 bits per heavy atom. The summed E-state index contributed by atoms with van der Waals surface area (Å²) in [6, 6.07) is 11.1. The molecule has 8 nitrogen and oxygen atoms in total. The number of methoxy groups -OCH3 is 1. The van der Waals surface area contributed by atoms with Crippen LogP contribution in [-0.2, 0) is 6.54 Å². The maximum Gasteiger partial charge on any atom is 0.188 e. The Kier molecular flexibility index (Phi) is 6.05. The molecule has 31 heavy (non-hydrogen) atoms. The molecule has 4 rings (SSSR count). The summed E-state index contributed by atoms with van der Waals surface area (Å²) in [5.74, 6) is 1.99. The molecule has 0 spiro atoms. The van der Waals surface area contributed by atoms with E-state index in [0.717, 1.165) is 27.9 Å². The van der Waals surface area contributed by atoms with E-state index >= 15 is 0 Å². The lowest BCUT2D eigenvalue weighted by atomic mass is 10.1. The molecule has 0 unspecified atom stereocenters. The van der Waals surface area contributed by atoms with Crippen molar-refractivity contribution in [2.24, 2.45) is 5.16 Å². The van der Waals surface area contributed by atoms with Crippen molar-refractivity contribution < 1.29 is 9.94 Å². The van der Waals surface area contributed by atoms with Gasteiger partial charge < -0.3 is 20.2 Å². The van der Waals surface area contributed by atoms with Gasteiger partial charge in [0.2, 0.25) is 0 Å². The highest BCUT2D eigenvalue weighted by molar-refractivity contribution is 6.32. The third-order valence-corrected chi connectivity index (χ3v) is 5.63. The minimum Gasteiger partial charge on any atom is -0.495 e. The Hall–Kier alpha value is -3.57. The minimum absolute atomic E-state index is 0.495. The Balaban J connectivity index is 1.65. The molecule has 0 atom stereocenters.